The molecule has 25 heavy (non-hydrogen) atoms. The number of nitrogens with zero attached hydrogens (tertiary/aromatic N) is 2. The number of halogens is 2. The van der Waals surface area contributed by atoms with Gasteiger partial charge in [-0.3, -0.25) is 4.79 Å². The van der Waals surface area contributed by atoms with Gasteiger partial charge in [-0.15, -0.1) is 11.3 Å². The summed E-state index contributed by atoms with van der Waals surface area (Å²) in [7, 11) is 0. The second-order valence-electron chi connectivity index (χ2n) is 5.33. The number of nitrogens with one attached hydrogen (secondary N) is 1. The van der Waals surface area contributed by atoms with Gasteiger partial charge in [0.15, 0.2) is 5.13 Å². The Bertz CT molecular complexity index is 843. The molecule has 1 heterocycles. The largest absolute Gasteiger partial charge is 0.334 e. The summed E-state index contributed by atoms with van der Waals surface area (Å²) in [5.74, 6) is -0.779. The van der Waals surface area contributed by atoms with Crippen molar-refractivity contribution in [3.63, 3.8) is 0 Å². The summed E-state index contributed by atoms with van der Waals surface area (Å²) >= 11 is 4.66. The second-order valence-corrected chi connectivity index (χ2v) is 7.12. The maximum absolute atomic E-state index is 13.9. The van der Waals surface area contributed by atoms with Crippen molar-refractivity contribution in [2.24, 2.45) is 0 Å². The Morgan fingerprint density at radius 2 is 2.04 bits per heavy atom. The van der Waals surface area contributed by atoms with Gasteiger partial charge in [-0.1, -0.05) is 46.3 Å². The van der Waals surface area contributed by atoms with E-state index in [1.165, 1.54) is 23.5 Å². The molecule has 3 aromatic rings. The third-order valence-electron chi connectivity index (χ3n) is 3.45. The second kappa shape index (κ2) is 8.22. The van der Waals surface area contributed by atoms with E-state index in [1.807, 2.05) is 40.6 Å². The first kappa shape index (κ1) is 17.6. The molecule has 0 aliphatic heterocycles. The van der Waals surface area contributed by atoms with E-state index in [-0.39, 0.29) is 18.1 Å². The zero-order valence-electron chi connectivity index (χ0n) is 13.2. The monoisotopic (exact) mass is 419 g/mol. The number of rotatable bonds is 6. The molecule has 128 valence electrons. The van der Waals surface area contributed by atoms with Crippen LogP contribution < -0.4 is 10.2 Å². The standard InChI is InChI=1S/C18H15BrFN3OS/c19-14-6-7-16(15(20)10-14)22-17(24)12-23(18-21-8-9-25-18)11-13-4-2-1-3-5-13/h1-10H,11-12H2,(H,22,24). The number of anilines is 2. The maximum atomic E-state index is 13.9. The molecule has 7 heteroatoms. The van der Waals surface area contributed by atoms with Crippen LogP contribution in [-0.4, -0.2) is 17.4 Å². The number of carbonyl (C=O) groups is 1. The smallest absolute Gasteiger partial charge is 0.244 e. The Balaban J connectivity index is 1.72. The Labute approximate surface area is 157 Å². The number of thiazole rings is 1. The van der Waals surface area contributed by atoms with Crippen molar-refractivity contribution >= 4 is 44.0 Å². The van der Waals surface area contributed by atoms with E-state index in [9.17, 15) is 9.18 Å². The lowest BCUT2D eigenvalue weighted by Gasteiger charge is -2.21. The molecule has 4 nitrogen and oxygen atoms in total. The van der Waals surface area contributed by atoms with Crippen LogP contribution in [0.4, 0.5) is 15.2 Å². The van der Waals surface area contributed by atoms with E-state index in [4.69, 9.17) is 0 Å². The Morgan fingerprint density at radius 1 is 1.24 bits per heavy atom. The van der Waals surface area contributed by atoms with E-state index in [2.05, 4.69) is 26.2 Å². The Hall–Kier alpha value is -2.25. The normalized spacial score (nSPS) is 10.5. The fourth-order valence-electron chi connectivity index (χ4n) is 2.32. The topological polar surface area (TPSA) is 45.2 Å². The van der Waals surface area contributed by atoms with Crippen LogP contribution >= 0.6 is 27.3 Å². The maximum Gasteiger partial charge on any atom is 0.244 e. The van der Waals surface area contributed by atoms with Crippen LogP contribution in [0.2, 0.25) is 0 Å². The minimum atomic E-state index is -0.480. The van der Waals surface area contributed by atoms with Crippen molar-refractivity contribution in [2.75, 3.05) is 16.8 Å². The summed E-state index contributed by atoms with van der Waals surface area (Å²) in [6, 6.07) is 14.4. The van der Waals surface area contributed by atoms with Crippen LogP contribution in [0.1, 0.15) is 5.56 Å². The van der Waals surface area contributed by atoms with Gasteiger partial charge >= 0.3 is 0 Å². The van der Waals surface area contributed by atoms with Crippen molar-refractivity contribution in [3.8, 4) is 0 Å². The molecule has 0 aliphatic carbocycles. The lowest BCUT2D eigenvalue weighted by atomic mass is 10.2. The van der Waals surface area contributed by atoms with Crippen molar-refractivity contribution < 1.29 is 9.18 Å². The summed E-state index contributed by atoms with van der Waals surface area (Å²) in [5.41, 5.74) is 1.23. The molecule has 0 fully saturated rings. The fraction of sp³-hybridized carbons (Fsp3) is 0.111. The summed E-state index contributed by atoms with van der Waals surface area (Å²) in [4.78, 5) is 18.5. The molecule has 2 aromatic carbocycles. The first-order valence-corrected chi connectivity index (χ1v) is 9.22. The van der Waals surface area contributed by atoms with Crippen molar-refractivity contribution in [1.82, 2.24) is 4.98 Å². The minimum absolute atomic E-state index is 0.0813. The number of carbonyl (C=O) groups excluding carboxylic acids is 1. The molecule has 0 bridgehead atoms. The molecule has 0 saturated heterocycles. The highest BCUT2D eigenvalue weighted by atomic mass is 79.9. The highest BCUT2D eigenvalue weighted by Crippen LogP contribution is 2.22. The SMILES string of the molecule is O=C(CN(Cc1ccccc1)c1nccs1)Nc1ccc(Br)cc1F. The van der Waals surface area contributed by atoms with Gasteiger partial charge < -0.3 is 10.2 Å². The molecule has 0 atom stereocenters. The summed E-state index contributed by atoms with van der Waals surface area (Å²) in [6.07, 6.45) is 1.70. The van der Waals surface area contributed by atoms with E-state index < -0.39 is 5.82 Å². The molecule has 1 N–H and O–H groups in total. The number of amides is 1. The molecule has 3 rings (SSSR count). The number of hydrogen-bond acceptors (Lipinski definition) is 4. The fourth-order valence-corrected chi connectivity index (χ4v) is 3.30. The third kappa shape index (κ3) is 4.87. The predicted molar refractivity (Wildman–Crippen MR) is 102 cm³/mol. The van der Waals surface area contributed by atoms with Gasteiger partial charge in [0.2, 0.25) is 5.91 Å². The Morgan fingerprint density at radius 3 is 2.72 bits per heavy atom. The van der Waals surface area contributed by atoms with Gasteiger partial charge in [0.1, 0.15) is 5.82 Å². The van der Waals surface area contributed by atoms with E-state index in [1.54, 1.807) is 12.3 Å². The average molecular weight is 420 g/mol. The molecule has 0 saturated carbocycles. The molecule has 0 radical (unpaired) electrons. The van der Waals surface area contributed by atoms with Gasteiger partial charge in [-0.25, -0.2) is 9.37 Å². The van der Waals surface area contributed by atoms with E-state index >= 15 is 0 Å². The molecule has 1 amide bonds. The van der Waals surface area contributed by atoms with E-state index in [0.29, 0.717) is 11.0 Å². The molecule has 1 aromatic heterocycles. The van der Waals surface area contributed by atoms with Crippen LogP contribution in [-0.2, 0) is 11.3 Å². The highest BCUT2D eigenvalue weighted by Gasteiger charge is 2.16. The quantitative estimate of drug-likeness (QED) is 0.630. The molecular formula is C18H15BrFN3OS. The van der Waals surface area contributed by atoms with Crippen LogP contribution in [0.15, 0.2) is 64.6 Å². The zero-order chi connectivity index (χ0) is 17.6. The number of hydrogen-bond donors (Lipinski definition) is 1. The summed E-state index contributed by atoms with van der Waals surface area (Å²) in [5, 5.41) is 5.22. The van der Waals surface area contributed by atoms with E-state index in [0.717, 1.165) is 10.7 Å². The minimum Gasteiger partial charge on any atom is -0.334 e. The van der Waals surface area contributed by atoms with Gasteiger partial charge in [0.05, 0.1) is 12.2 Å². The average Bonchev–Trinajstić information content (AvgIpc) is 3.12. The molecular weight excluding hydrogens is 405 g/mol. The molecule has 0 unspecified atom stereocenters. The Kier molecular flexibility index (Phi) is 5.78. The van der Waals surface area contributed by atoms with Gasteiger partial charge in [0.25, 0.3) is 0 Å². The lowest BCUT2D eigenvalue weighted by Crippen LogP contribution is -2.33. The molecule has 0 aliphatic rings. The van der Waals surface area contributed by atoms with Crippen LogP contribution in [0.25, 0.3) is 0 Å². The predicted octanol–water partition coefficient (Wildman–Crippen LogP) is 4.69. The van der Waals surface area contributed by atoms with Gasteiger partial charge in [0, 0.05) is 22.6 Å². The van der Waals surface area contributed by atoms with Gasteiger partial charge in [-0.2, -0.15) is 0 Å². The highest BCUT2D eigenvalue weighted by molar-refractivity contribution is 9.10. The van der Waals surface area contributed by atoms with Crippen molar-refractivity contribution in [3.05, 3.63) is 76.0 Å². The zero-order valence-corrected chi connectivity index (χ0v) is 15.6. The van der Waals surface area contributed by atoms with Crippen LogP contribution in [0, 0.1) is 5.82 Å². The number of aromatic nitrogens is 1. The first-order valence-electron chi connectivity index (χ1n) is 7.55. The van der Waals surface area contributed by atoms with Gasteiger partial charge in [-0.05, 0) is 23.8 Å². The van der Waals surface area contributed by atoms with Crippen molar-refractivity contribution in [2.45, 2.75) is 6.54 Å². The molecule has 0 spiro atoms. The third-order valence-corrected chi connectivity index (χ3v) is 4.77. The van der Waals surface area contributed by atoms with Crippen LogP contribution in [0.5, 0.6) is 0 Å². The van der Waals surface area contributed by atoms with Crippen LogP contribution in [0.3, 0.4) is 0 Å². The summed E-state index contributed by atoms with van der Waals surface area (Å²) in [6.45, 7) is 0.627. The van der Waals surface area contributed by atoms with Crippen molar-refractivity contribution in [1.29, 1.82) is 0 Å². The first-order chi connectivity index (χ1) is 12.1. The summed E-state index contributed by atoms with van der Waals surface area (Å²) < 4.78 is 14.5. The number of benzene rings is 2. The lowest BCUT2D eigenvalue weighted by molar-refractivity contribution is -0.115.